The second-order valence-corrected chi connectivity index (χ2v) is 6.44. The molecule has 1 atom stereocenters. The molecule has 0 fully saturated rings. The molecule has 2 aromatic carbocycles. The molecule has 0 spiro atoms. The Morgan fingerprint density at radius 2 is 1.89 bits per heavy atom. The van der Waals surface area contributed by atoms with Gasteiger partial charge in [-0.2, -0.15) is 10.1 Å². The van der Waals surface area contributed by atoms with E-state index in [1.165, 1.54) is 5.01 Å². The fourth-order valence-electron chi connectivity index (χ4n) is 2.77. The fourth-order valence-corrected chi connectivity index (χ4v) is 2.77. The van der Waals surface area contributed by atoms with Crippen molar-refractivity contribution in [2.24, 2.45) is 5.10 Å². The molecule has 0 unspecified atom stereocenters. The molecule has 5 nitrogen and oxygen atoms in total. The van der Waals surface area contributed by atoms with Gasteiger partial charge < -0.3 is 9.47 Å². The molecule has 0 aromatic heterocycles. The van der Waals surface area contributed by atoms with Gasteiger partial charge in [0.25, 0.3) is 5.91 Å². The molecular weight excluding hydrogens is 340 g/mol. The second-order valence-electron chi connectivity index (χ2n) is 6.44. The number of rotatable bonds is 6. The molecule has 0 saturated heterocycles. The Labute approximate surface area is 159 Å². The standard InChI is InChI=1S/C22H24N2O3/c1-5-15(2)27-20-12-11-17(14-21(20)26-4)13-19-16(3)23-24(22(19)25)18-9-7-6-8-10-18/h6-15H,5H2,1-4H3/b19-13+/t15-/m0/s1. The van der Waals surface area contributed by atoms with Crippen LogP contribution in [-0.4, -0.2) is 24.8 Å². The number of carbonyl (C=O) groups excluding carboxylic acids is 1. The minimum Gasteiger partial charge on any atom is -0.493 e. The van der Waals surface area contributed by atoms with Crippen LogP contribution in [0.1, 0.15) is 32.8 Å². The first kappa shape index (κ1) is 18.7. The van der Waals surface area contributed by atoms with E-state index in [2.05, 4.69) is 12.0 Å². The number of methoxy groups -OCH3 is 1. The Balaban J connectivity index is 1.88. The van der Waals surface area contributed by atoms with Crippen LogP contribution in [0.4, 0.5) is 5.69 Å². The first-order valence-corrected chi connectivity index (χ1v) is 9.05. The van der Waals surface area contributed by atoms with Crippen molar-refractivity contribution in [1.29, 1.82) is 0 Å². The molecule has 3 rings (SSSR count). The molecule has 0 bridgehead atoms. The summed E-state index contributed by atoms with van der Waals surface area (Å²) in [7, 11) is 1.61. The lowest BCUT2D eigenvalue weighted by molar-refractivity contribution is -0.114. The average molecular weight is 364 g/mol. The van der Waals surface area contributed by atoms with Crippen molar-refractivity contribution < 1.29 is 14.3 Å². The Hall–Kier alpha value is -3.08. The van der Waals surface area contributed by atoms with Gasteiger partial charge in [0, 0.05) is 0 Å². The van der Waals surface area contributed by atoms with Crippen LogP contribution in [0.25, 0.3) is 6.08 Å². The topological polar surface area (TPSA) is 51.1 Å². The molecule has 0 N–H and O–H groups in total. The maximum Gasteiger partial charge on any atom is 0.280 e. The van der Waals surface area contributed by atoms with Gasteiger partial charge in [-0.15, -0.1) is 0 Å². The third kappa shape index (κ3) is 4.03. The second kappa shape index (κ2) is 8.08. The highest BCUT2D eigenvalue weighted by Gasteiger charge is 2.28. The van der Waals surface area contributed by atoms with Gasteiger partial charge in [0.2, 0.25) is 0 Å². The zero-order chi connectivity index (χ0) is 19.4. The summed E-state index contributed by atoms with van der Waals surface area (Å²) in [5.74, 6) is 1.20. The van der Waals surface area contributed by atoms with Gasteiger partial charge in [-0.1, -0.05) is 31.2 Å². The van der Waals surface area contributed by atoms with Crippen LogP contribution >= 0.6 is 0 Å². The minimum atomic E-state index is -0.141. The molecule has 0 saturated carbocycles. The van der Waals surface area contributed by atoms with E-state index in [1.54, 1.807) is 7.11 Å². The number of hydrazone groups is 1. The SMILES string of the molecule is CC[C@H](C)Oc1ccc(/C=C2/C(=O)N(c3ccccc3)N=C2C)cc1OC. The maximum absolute atomic E-state index is 12.8. The normalized spacial score (nSPS) is 16.4. The van der Waals surface area contributed by atoms with Gasteiger partial charge in [-0.3, -0.25) is 4.79 Å². The summed E-state index contributed by atoms with van der Waals surface area (Å²) in [4.78, 5) is 12.8. The van der Waals surface area contributed by atoms with E-state index in [9.17, 15) is 4.79 Å². The Morgan fingerprint density at radius 3 is 2.56 bits per heavy atom. The van der Waals surface area contributed by atoms with Crippen LogP contribution in [0, 0.1) is 0 Å². The van der Waals surface area contributed by atoms with E-state index < -0.39 is 0 Å². The van der Waals surface area contributed by atoms with Gasteiger partial charge in [-0.25, -0.2) is 0 Å². The lowest BCUT2D eigenvalue weighted by Crippen LogP contribution is -2.21. The number of benzene rings is 2. The summed E-state index contributed by atoms with van der Waals surface area (Å²) in [5.41, 5.74) is 2.86. The number of hydrogen-bond acceptors (Lipinski definition) is 4. The smallest absolute Gasteiger partial charge is 0.280 e. The van der Waals surface area contributed by atoms with Crippen LogP contribution < -0.4 is 14.5 Å². The zero-order valence-corrected chi connectivity index (χ0v) is 16.1. The van der Waals surface area contributed by atoms with E-state index in [1.807, 2.05) is 68.5 Å². The minimum absolute atomic E-state index is 0.105. The van der Waals surface area contributed by atoms with Crippen LogP contribution in [-0.2, 0) is 4.79 Å². The van der Waals surface area contributed by atoms with Crippen LogP contribution in [0.2, 0.25) is 0 Å². The summed E-state index contributed by atoms with van der Waals surface area (Å²) >= 11 is 0. The summed E-state index contributed by atoms with van der Waals surface area (Å²) in [6.45, 7) is 5.93. The van der Waals surface area contributed by atoms with Crippen LogP contribution in [0.5, 0.6) is 11.5 Å². The monoisotopic (exact) mass is 364 g/mol. The number of ether oxygens (including phenoxy) is 2. The average Bonchev–Trinajstić information content (AvgIpc) is 2.97. The third-order valence-electron chi connectivity index (χ3n) is 4.47. The number of nitrogens with zero attached hydrogens (tertiary/aromatic N) is 2. The van der Waals surface area contributed by atoms with Crippen molar-refractivity contribution >= 4 is 23.4 Å². The third-order valence-corrected chi connectivity index (χ3v) is 4.47. The quantitative estimate of drug-likeness (QED) is 0.700. The molecule has 2 aromatic rings. The zero-order valence-electron chi connectivity index (χ0n) is 16.1. The number of hydrogen-bond donors (Lipinski definition) is 0. The fraction of sp³-hybridized carbons (Fsp3) is 0.273. The van der Waals surface area contributed by atoms with E-state index >= 15 is 0 Å². The molecule has 1 amide bonds. The maximum atomic E-state index is 12.8. The van der Waals surface area contributed by atoms with Crippen LogP contribution in [0.3, 0.4) is 0 Å². The molecule has 0 aliphatic carbocycles. The molecular formula is C22H24N2O3. The first-order chi connectivity index (χ1) is 13.0. The first-order valence-electron chi connectivity index (χ1n) is 9.05. The molecule has 1 aliphatic rings. The molecule has 5 heteroatoms. The Bertz CT molecular complexity index is 888. The predicted molar refractivity (Wildman–Crippen MR) is 108 cm³/mol. The molecule has 27 heavy (non-hydrogen) atoms. The summed E-state index contributed by atoms with van der Waals surface area (Å²) < 4.78 is 11.3. The van der Waals surface area contributed by atoms with Crippen molar-refractivity contribution in [1.82, 2.24) is 0 Å². The number of amides is 1. The van der Waals surface area contributed by atoms with Gasteiger partial charge in [0.15, 0.2) is 11.5 Å². The van der Waals surface area contributed by atoms with Crippen LogP contribution in [0.15, 0.2) is 59.2 Å². The summed E-state index contributed by atoms with van der Waals surface area (Å²) in [6, 6.07) is 15.1. The summed E-state index contributed by atoms with van der Waals surface area (Å²) in [5, 5.41) is 5.83. The molecule has 1 aliphatic heterocycles. The highest BCUT2D eigenvalue weighted by Crippen LogP contribution is 2.31. The largest absolute Gasteiger partial charge is 0.493 e. The molecule has 140 valence electrons. The summed E-state index contributed by atoms with van der Waals surface area (Å²) in [6.07, 6.45) is 2.85. The highest BCUT2D eigenvalue weighted by molar-refractivity contribution is 6.32. The van der Waals surface area contributed by atoms with Crippen molar-refractivity contribution in [2.45, 2.75) is 33.3 Å². The number of carbonyl (C=O) groups is 1. The van der Waals surface area contributed by atoms with Gasteiger partial charge >= 0.3 is 0 Å². The lowest BCUT2D eigenvalue weighted by Gasteiger charge is -2.16. The van der Waals surface area contributed by atoms with E-state index in [0.29, 0.717) is 22.8 Å². The Kier molecular flexibility index (Phi) is 5.60. The van der Waals surface area contributed by atoms with Crippen molar-refractivity contribution in [2.75, 3.05) is 12.1 Å². The lowest BCUT2D eigenvalue weighted by atomic mass is 10.1. The highest BCUT2D eigenvalue weighted by atomic mass is 16.5. The van der Waals surface area contributed by atoms with E-state index in [4.69, 9.17) is 9.47 Å². The number of para-hydroxylation sites is 1. The molecule has 0 radical (unpaired) electrons. The van der Waals surface area contributed by atoms with Crippen molar-refractivity contribution in [3.63, 3.8) is 0 Å². The molecule has 1 heterocycles. The van der Waals surface area contributed by atoms with Gasteiger partial charge in [-0.05, 0) is 56.2 Å². The van der Waals surface area contributed by atoms with Crippen molar-refractivity contribution in [3.8, 4) is 11.5 Å². The van der Waals surface area contributed by atoms with E-state index in [-0.39, 0.29) is 12.0 Å². The Morgan fingerprint density at radius 1 is 1.15 bits per heavy atom. The van der Waals surface area contributed by atoms with E-state index in [0.717, 1.165) is 17.7 Å². The van der Waals surface area contributed by atoms with Gasteiger partial charge in [0.05, 0.1) is 30.2 Å². The predicted octanol–water partition coefficient (Wildman–Crippen LogP) is 4.68. The number of anilines is 1. The van der Waals surface area contributed by atoms with Gasteiger partial charge in [0.1, 0.15) is 0 Å². The van der Waals surface area contributed by atoms with Crippen molar-refractivity contribution in [3.05, 3.63) is 59.7 Å².